The predicted molar refractivity (Wildman–Crippen MR) is 61.3 cm³/mol. The molecule has 0 unspecified atom stereocenters. The molecule has 18 heavy (non-hydrogen) atoms. The summed E-state index contributed by atoms with van der Waals surface area (Å²) in [6, 6.07) is 3.38. The van der Waals surface area contributed by atoms with Gasteiger partial charge in [0.1, 0.15) is 0 Å². The minimum absolute atomic E-state index is 0.0989. The molecule has 0 aromatic carbocycles. The van der Waals surface area contributed by atoms with E-state index in [2.05, 4.69) is 0 Å². The zero-order valence-electron chi connectivity index (χ0n) is 9.24. The van der Waals surface area contributed by atoms with Gasteiger partial charge >= 0.3 is 12.1 Å². The summed E-state index contributed by atoms with van der Waals surface area (Å²) in [5.41, 5.74) is 0. The van der Waals surface area contributed by atoms with Gasteiger partial charge < -0.3 is 9.84 Å². The Labute approximate surface area is 106 Å². The molecule has 1 N–H and O–H groups in total. The second-order valence-corrected chi connectivity index (χ2v) is 4.59. The van der Waals surface area contributed by atoms with Crippen LogP contribution < -0.4 is 0 Å². The molecule has 0 spiro atoms. The van der Waals surface area contributed by atoms with Gasteiger partial charge in [0, 0.05) is 15.8 Å². The number of rotatable bonds is 6. The van der Waals surface area contributed by atoms with Gasteiger partial charge in [-0.05, 0) is 18.2 Å². The van der Waals surface area contributed by atoms with Crippen molar-refractivity contribution in [3.8, 4) is 0 Å². The van der Waals surface area contributed by atoms with Gasteiger partial charge in [0.05, 0.1) is 19.6 Å². The van der Waals surface area contributed by atoms with Crippen LogP contribution in [0.3, 0.4) is 0 Å². The molecule has 1 heterocycles. The van der Waals surface area contributed by atoms with Gasteiger partial charge in [-0.3, -0.25) is 0 Å². The van der Waals surface area contributed by atoms with Gasteiger partial charge in [-0.25, -0.2) is 4.79 Å². The number of halogens is 3. The minimum Gasteiger partial charge on any atom is -0.478 e. The lowest BCUT2D eigenvalue weighted by atomic mass is 10.4. The summed E-state index contributed by atoms with van der Waals surface area (Å²) in [6.07, 6.45) is -2.75. The largest absolute Gasteiger partial charge is 0.478 e. The highest BCUT2D eigenvalue weighted by Crippen LogP contribution is 2.21. The highest BCUT2D eigenvalue weighted by Gasteiger charge is 2.26. The zero-order chi connectivity index (χ0) is 13.6. The molecule has 0 saturated carbocycles. The summed E-state index contributed by atoms with van der Waals surface area (Å²) in [5.74, 6) is -1.05. The monoisotopic (exact) mass is 280 g/mol. The van der Waals surface area contributed by atoms with Crippen molar-refractivity contribution in [2.75, 3.05) is 6.61 Å². The molecule has 0 fully saturated rings. The first-order chi connectivity index (χ1) is 8.37. The van der Waals surface area contributed by atoms with Crippen molar-refractivity contribution in [2.24, 2.45) is 0 Å². The van der Waals surface area contributed by atoms with Crippen LogP contribution in [0.15, 0.2) is 18.2 Å². The van der Waals surface area contributed by atoms with Crippen LogP contribution in [-0.2, 0) is 16.1 Å². The molecule has 1 aromatic heterocycles. The topological polar surface area (TPSA) is 46.5 Å². The van der Waals surface area contributed by atoms with E-state index in [4.69, 9.17) is 9.84 Å². The number of hydrogen-bond acceptors (Lipinski definition) is 3. The van der Waals surface area contributed by atoms with Crippen molar-refractivity contribution in [3.63, 3.8) is 0 Å². The number of carboxylic acids is 1. The van der Waals surface area contributed by atoms with E-state index in [0.29, 0.717) is 4.88 Å². The first-order valence-corrected chi connectivity index (χ1v) is 5.83. The molecule has 0 aliphatic heterocycles. The molecule has 1 rings (SSSR count). The molecular formula is C11H11F3O3S. The molecule has 0 aliphatic carbocycles. The average molecular weight is 280 g/mol. The van der Waals surface area contributed by atoms with Gasteiger partial charge in [-0.2, -0.15) is 13.2 Å². The fourth-order valence-electron chi connectivity index (χ4n) is 1.08. The van der Waals surface area contributed by atoms with Crippen molar-refractivity contribution < 1.29 is 27.8 Å². The molecule has 100 valence electrons. The van der Waals surface area contributed by atoms with E-state index in [9.17, 15) is 18.0 Å². The van der Waals surface area contributed by atoms with E-state index in [1.165, 1.54) is 17.4 Å². The Balaban J connectivity index is 2.34. The van der Waals surface area contributed by atoms with E-state index in [-0.39, 0.29) is 13.2 Å². The Kier molecular flexibility index (Phi) is 5.36. The van der Waals surface area contributed by atoms with E-state index < -0.39 is 18.6 Å². The number of hydrogen-bond donors (Lipinski definition) is 1. The van der Waals surface area contributed by atoms with Crippen molar-refractivity contribution in [1.82, 2.24) is 0 Å². The number of aliphatic carboxylic acids is 1. The summed E-state index contributed by atoms with van der Waals surface area (Å²) in [5, 5.41) is 8.42. The molecule has 0 bridgehead atoms. The van der Waals surface area contributed by atoms with Crippen molar-refractivity contribution in [3.05, 3.63) is 28.0 Å². The third-order valence-electron chi connectivity index (χ3n) is 1.85. The van der Waals surface area contributed by atoms with Crippen LogP contribution in [0.2, 0.25) is 0 Å². The second-order valence-electron chi connectivity index (χ2n) is 3.39. The molecule has 0 aliphatic rings. The van der Waals surface area contributed by atoms with Gasteiger partial charge in [0.2, 0.25) is 0 Å². The van der Waals surface area contributed by atoms with Gasteiger partial charge in [0.15, 0.2) is 0 Å². The number of ether oxygens (including phenoxy) is 1. The molecule has 3 nitrogen and oxygen atoms in total. The maximum Gasteiger partial charge on any atom is 0.391 e. The number of carboxylic acid groups (broad SMARTS) is 1. The van der Waals surface area contributed by atoms with Crippen molar-refractivity contribution >= 4 is 23.4 Å². The highest BCUT2D eigenvalue weighted by molar-refractivity contribution is 7.12. The zero-order valence-corrected chi connectivity index (χ0v) is 10.1. The smallest absolute Gasteiger partial charge is 0.391 e. The quantitative estimate of drug-likeness (QED) is 0.642. The van der Waals surface area contributed by atoms with Crippen LogP contribution >= 0.6 is 11.3 Å². The second kappa shape index (κ2) is 6.55. The highest BCUT2D eigenvalue weighted by atomic mass is 32.1. The molecular weight excluding hydrogens is 269 g/mol. The summed E-state index contributed by atoms with van der Waals surface area (Å²) >= 11 is 1.28. The van der Waals surface area contributed by atoms with Gasteiger partial charge in [0.25, 0.3) is 0 Å². The SMILES string of the molecule is O=C(O)/C=C/c1ccc(COCCC(F)(F)F)s1. The Morgan fingerprint density at radius 1 is 1.44 bits per heavy atom. The van der Waals surface area contributed by atoms with Gasteiger partial charge in [-0.15, -0.1) is 11.3 Å². The Bertz CT molecular complexity index is 423. The minimum atomic E-state index is -4.20. The third-order valence-corrected chi connectivity index (χ3v) is 2.87. The number of alkyl halides is 3. The van der Waals surface area contributed by atoms with Crippen LogP contribution in [0.5, 0.6) is 0 Å². The summed E-state index contributed by atoms with van der Waals surface area (Å²) in [6.45, 7) is -0.274. The van der Waals surface area contributed by atoms with E-state index in [1.807, 2.05) is 0 Å². The van der Waals surface area contributed by atoms with Crippen LogP contribution in [0.4, 0.5) is 13.2 Å². The maximum absolute atomic E-state index is 11.8. The van der Waals surface area contributed by atoms with Crippen LogP contribution in [0.25, 0.3) is 6.08 Å². The number of thiophene rings is 1. The first kappa shape index (κ1) is 14.7. The lowest BCUT2D eigenvalue weighted by Gasteiger charge is -2.05. The van der Waals surface area contributed by atoms with Crippen LogP contribution in [-0.4, -0.2) is 23.9 Å². The Morgan fingerprint density at radius 3 is 2.78 bits per heavy atom. The summed E-state index contributed by atoms with van der Waals surface area (Å²) < 4.78 is 40.3. The fraction of sp³-hybridized carbons (Fsp3) is 0.364. The van der Waals surface area contributed by atoms with Gasteiger partial charge in [-0.1, -0.05) is 0 Å². The lowest BCUT2D eigenvalue weighted by molar-refractivity contribution is -0.146. The van der Waals surface area contributed by atoms with E-state index >= 15 is 0 Å². The molecule has 7 heteroatoms. The van der Waals surface area contributed by atoms with Crippen LogP contribution in [0, 0.1) is 0 Å². The summed E-state index contributed by atoms with van der Waals surface area (Å²) in [7, 11) is 0. The predicted octanol–water partition coefficient (Wildman–Crippen LogP) is 3.31. The Hall–Kier alpha value is -1.34. The molecule has 1 aromatic rings. The standard InChI is InChI=1S/C11H11F3O3S/c12-11(13,14)5-6-17-7-9-2-1-8(18-9)3-4-10(15)16/h1-4H,5-7H2,(H,15,16)/b4-3+. The normalized spacial score (nSPS) is 12.2. The number of carbonyl (C=O) groups is 1. The molecule has 0 radical (unpaired) electrons. The molecule has 0 atom stereocenters. The van der Waals surface area contributed by atoms with Crippen molar-refractivity contribution in [2.45, 2.75) is 19.2 Å². The van der Waals surface area contributed by atoms with E-state index in [1.54, 1.807) is 12.1 Å². The summed E-state index contributed by atoms with van der Waals surface area (Å²) in [4.78, 5) is 11.7. The van der Waals surface area contributed by atoms with E-state index in [0.717, 1.165) is 11.0 Å². The molecule has 0 saturated heterocycles. The van der Waals surface area contributed by atoms with Crippen molar-refractivity contribution in [1.29, 1.82) is 0 Å². The Morgan fingerprint density at radius 2 is 2.17 bits per heavy atom. The maximum atomic E-state index is 11.8. The lowest BCUT2D eigenvalue weighted by Crippen LogP contribution is -2.11. The average Bonchev–Trinajstić information content (AvgIpc) is 2.68. The first-order valence-electron chi connectivity index (χ1n) is 5.01. The third kappa shape index (κ3) is 6.41. The molecule has 0 amide bonds. The van der Waals surface area contributed by atoms with Crippen LogP contribution in [0.1, 0.15) is 16.2 Å². The fourth-order valence-corrected chi connectivity index (χ4v) is 1.93.